The number of aryl methyl sites for hydroxylation is 1. The molecule has 0 unspecified atom stereocenters. The Labute approximate surface area is 197 Å². The van der Waals surface area contributed by atoms with Crippen molar-refractivity contribution in [2.75, 3.05) is 12.4 Å². The van der Waals surface area contributed by atoms with Crippen LogP contribution >= 0.6 is 22.9 Å². The number of carbonyl (C=O) groups excluding carboxylic acids is 1. The molecular formula is C26H26ClNO3S. The Kier molecular flexibility index (Phi) is 6.06. The van der Waals surface area contributed by atoms with Crippen molar-refractivity contribution >= 4 is 40.2 Å². The first-order valence-corrected chi connectivity index (χ1v) is 11.6. The highest BCUT2D eigenvalue weighted by Crippen LogP contribution is 2.43. The van der Waals surface area contributed by atoms with Crippen molar-refractivity contribution in [1.29, 1.82) is 0 Å². The zero-order valence-electron chi connectivity index (χ0n) is 18.8. The van der Waals surface area contributed by atoms with Crippen LogP contribution in [0.1, 0.15) is 46.4 Å². The molecule has 0 spiro atoms. The van der Waals surface area contributed by atoms with Gasteiger partial charge in [-0.15, -0.1) is 11.3 Å². The lowest BCUT2D eigenvalue weighted by molar-refractivity contribution is 0.0479. The van der Waals surface area contributed by atoms with Gasteiger partial charge in [0.25, 0.3) is 0 Å². The predicted octanol–water partition coefficient (Wildman–Crippen LogP) is 7.35. The molecule has 0 saturated heterocycles. The minimum Gasteiger partial charge on any atom is -0.496 e. The number of thiophene rings is 1. The molecule has 2 aromatic carbocycles. The van der Waals surface area contributed by atoms with E-state index in [0.717, 1.165) is 38.4 Å². The van der Waals surface area contributed by atoms with Crippen molar-refractivity contribution in [1.82, 2.24) is 0 Å². The summed E-state index contributed by atoms with van der Waals surface area (Å²) in [4.78, 5) is 14.4. The summed E-state index contributed by atoms with van der Waals surface area (Å²) >= 11 is 7.77. The Morgan fingerprint density at radius 1 is 1.09 bits per heavy atom. The molecule has 0 atom stereocenters. The second kappa shape index (κ2) is 8.64. The predicted molar refractivity (Wildman–Crippen MR) is 133 cm³/mol. The van der Waals surface area contributed by atoms with Crippen LogP contribution in [-0.2, 0) is 11.3 Å². The first-order chi connectivity index (χ1) is 15.2. The summed E-state index contributed by atoms with van der Waals surface area (Å²) in [6.45, 7) is 8.46. The smallest absolute Gasteiger partial charge is 0.348 e. The number of halogens is 1. The molecule has 0 amide bonds. The fourth-order valence-electron chi connectivity index (χ4n) is 4.25. The third kappa shape index (κ3) is 4.41. The first-order valence-electron chi connectivity index (χ1n) is 10.4. The maximum Gasteiger partial charge on any atom is 0.348 e. The number of hydrogen-bond acceptors (Lipinski definition) is 5. The molecule has 1 aliphatic rings. The minimum absolute atomic E-state index is 0.136. The molecule has 32 heavy (non-hydrogen) atoms. The molecule has 4 rings (SSSR count). The van der Waals surface area contributed by atoms with Crippen LogP contribution in [-0.4, -0.2) is 18.6 Å². The van der Waals surface area contributed by atoms with Crippen LogP contribution in [0.25, 0.3) is 16.7 Å². The molecule has 1 aromatic heterocycles. The van der Waals surface area contributed by atoms with E-state index in [9.17, 15) is 4.79 Å². The number of hydrogen-bond donors (Lipinski definition) is 1. The topological polar surface area (TPSA) is 47.6 Å². The van der Waals surface area contributed by atoms with Crippen LogP contribution in [0.15, 0.2) is 48.5 Å². The maximum absolute atomic E-state index is 12.7. The highest BCUT2D eigenvalue weighted by molar-refractivity contribution is 7.13. The molecule has 166 valence electrons. The Morgan fingerprint density at radius 2 is 1.88 bits per heavy atom. The molecule has 3 aromatic rings. The fourth-order valence-corrected chi connectivity index (χ4v) is 5.18. The molecule has 0 aliphatic carbocycles. The van der Waals surface area contributed by atoms with E-state index in [1.807, 2.05) is 31.2 Å². The van der Waals surface area contributed by atoms with Gasteiger partial charge in [-0.2, -0.15) is 0 Å². The number of rotatable bonds is 5. The highest BCUT2D eigenvalue weighted by Gasteiger charge is 2.27. The van der Waals surface area contributed by atoms with E-state index in [1.54, 1.807) is 19.2 Å². The van der Waals surface area contributed by atoms with Gasteiger partial charge in [-0.3, -0.25) is 0 Å². The SMILES string of the molecule is COc1ccc(Cl)cc1-c1ccc2c(c1COC(=O)c1ccc(C)s1)C(C)=CC(C)(C)N2. The average molecular weight is 468 g/mol. The standard InChI is InChI=1S/C26H26ClNO3S/c1-15-13-26(3,4)28-21-9-8-18(19-12-17(27)7-10-22(19)30-5)20(24(15)21)14-31-25(29)23-11-6-16(2)32-23/h6-13,28H,14H2,1-5H3. The second-order valence-electron chi connectivity index (χ2n) is 8.52. The highest BCUT2D eigenvalue weighted by atomic mass is 35.5. The Balaban J connectivity index is 1.83. The van der Waals surface area contributed by atoms with Crippen molar-refractivity contribution in [3.05, 3.63) is 74.4 Å². The largest absolute Gasteiger partial charge is 0.496 e. The summed E-state index contributed by atoms with van der Waals surface area (Å²) in [7, 11) is 1.64. The van der Waals surface area contributed by atoms with Gasteiger partial charge in [-0.25, -0.2) is 4.79 Å². The van der Waals surface area contributed by atoms with Gasteiger partial charge in [0.1, 0.15) is 17.2 Å². The second-order valence-corrected chi connectivity index (χ2v) is 10.2. The van der Waals surface area contributed by atoms with E-state index in [4.69, 9.17) is 21.1 Å². The van der Waals surface area contributed by atoms with Crippen molar-refractivity contribution in [2.45, 2.75) is 39.8 Å². The van der Waals surface area contributed by atoms with Gasteiger partial charge in [-0.05, 0) is 75.2 Å². The summed E-state index contributed by atoms with van der Waals surface area (Å²) in [5, 5.41) is 4.19. The number of carbonyl (C=O) groups is 1. The van der Waals surface area contributed by atoms with E-state index in [1.165, 1.54) is 11.3 Å². The number of ether oxygens (including phenoxy) is 2. The number of esters is 1. The van der Waals surface area contributed by atoms with Gasteiger partial charge >= 0.3 is 5.97 Å². The number of nitrogens with one attached hydrogen (secondary N) is 1. The van der Waals surface area contributed by atoms with Gasteiger partial charge in [-0.1, -0.05) is 23.7 Å². The lowest BCUT2D eigenvalue weighted by Crippen LogP contribution is -2.32. The molecule has 1 aliphatic heterocycles. The van der Waals surface area contributed by atoms with Gasteiger partial charge in [0.15, 0.2) is 0 Å². The molecule has 1 N–H and O–H groups in total. The normalized spacial score (nSPS) is 14.2. The fraction of sp³-hybridized carbons (Fsp3) is 0.269. The first kappa shape index (κ1) is 22.4. The molecule has 0 fully saturated rings. The van der Waals surface area contributed by atoms with E-state index in [-0.39, 0.29) is 18.1 Å². The maximum atomic E-state index is 12.7. The van der Waals surface area contributed by atoms with Gasteiger partial charge in [0, 0.05) is 32.3 Å². The molecule has 0 radical (unpaired) electrons. The van der Waals surface area contributed by atoms with Crippen LogP contribution < -0.4 is 10.1 Å². The van der Waals surface area contributed by atoms with Crippen molar-refractivity contribution in [3.63, 3.8) is 0 Å². The van der Waals surface area contributed by atoms with Gasteiger partial charge < -0.3 is 14.8 Å². The Morgan fingerprint density at radius 3 is 2.56 bits per heavy atom. The number of allylic oxidation sites excluding steroid dienone is 1. The molecular weight excluding hydrogens is 442 g/mol. The number of methoxy groups -OCH3 is 1. The zero-order chi connectivity index (χ0) is 23.0. The summed E-state index contributed by atoms with van der Waals surface area (Å²) in [5.41, 5.74) is 5.71. The van der Waals surface area contributed by atoms with Crippen LogP contribution in [0.3, 0.4) is 0 Å². The lowest BCUT2D eigenvalue weighted by Gasteiger charge is -2.33. The van der Waals surface area contributed by atoms with Gasteiger partial charge in [0.05, 0.1) is 12.6 Å². The number of anilines is 1. The molecule has 0 bridgehead atoms. The lowest BCUT2D eigenvalue weighted by atomic mass is 9.85. The monoisotopic (exact) mass is 467 g/mol. The minimum atomic E-state index is -0.324. The average Bonchev–Trinajstić information content (AvgIpc) is 3.17. The molecule has 2 heterocycles. The molecule has 4 nitrogen and oxygen atoms in total. The summed E-state index contributed by atoms with van der Waals surface area (Å²) in [5.74, 6) is 0.386. The third-order valence-corrected chi connectivity index (χ3v) is 6.70. The van der Waals surface area contributed by atoms with Crippen LogP contribution in [0.5, 0.6) is 5.75 Å². The number of benzene rings is 2. The van der Waals surface area contributed by atoms with Crippen molar-refractivity contribution in [2.24, 2.45) is 0 Å². The quantitative estimate of drug-likeness (QED) is 0.398. The van der Waals surface area contributed by atoms with E-state index in [2.05, 4.69) is 38.2 Å². The van der Waals surface area contributed by atoms with E-state index < -0.39 is 0 Å². The summed E-state index contributed by atoms with van der Waals surface area (Å²) < 4.78 is 11.4. The van der Waals surface area contributed by atoms with Crippen molar-refractivity contribution < 1.29 is 14.3 Å². The zero-order valence-corrected chi connectivity index (χ0v) is 20.4. The van der Waals surface area contributed by atoms with Crippen LogP contribution in [0.2, 0.25) is 5.02 Å². The summed E-state index contributed by atoms with van der Waals surface area (Å²) in [6.07, 6.45) is 2.20. The molecule has 6 heteroatoms. The summed E-state index contributed by atoms with van der Waals surface area (Å²) in [6, 6.07) is 13.4. The van der Waals surface area contributed by atoms with Crippen LogP contribution in [0, 0.1) is 6.92 Å². The van der Waals surface area contributed by atoms with E-state index in [0.29, 0.717) is 15.6 Å². The Hall–Kier alpha value is -2.76. The van der Waals surface area contributed by atoms with Gasteiger partial charge in [0.2, 0.25) is 0 Å². The Bertz CT molecular complexity index is 1230. The van der Waals surface area contributed by atoms with Crippen LogP contribution in [0.4, 0.5) is 5.69 Å². The van der Waals surface area contributed by atoms with E-state index >= 15 is 0 Å². The molecule has 0 saturated carbocycles. The third-order valence-electron chi connectivity index (χ3n) is 5.48. The number of fused-ring (bicyclic) bond motifs is 1. The van der Waals surface area contributed by atoms with Crippen molar-refractivity contribution in [3.8, 4) is 16.9 Å².